The van der Waals surface area contributed by atoms with Crippen LogP contribution in [0.25, 0.3) is 5.57 Å². The molecule has 3 aromatic carbocycles. The molecule has 0 aliphatic carbocycles. The number of anilines is 1. The van der Waals surface area contributed by atoms with E-state index in [9.17, 15) is 14.7 Å². The molecule has 0 saturated carbocycles. The number of ether oxygens (including phenoxy) is 1. The van der Waals surface area contributed by atoms with Gasteiger partial charge in [-0.1, -0.05) is 42.5 Å². The smallest absolute Gasteiger partial charge is 0.335 e. The lowest BCUT2D eigenvalue weighted by Crippen LogP contribution is -2.35. The third-order valence-electron chi connectivity index (χ3n) is 5.49. The number of carbonyl (C=O) groups is 2. The maximum atomic E-state index is 12.7. The van der Waals surface area contributed by atoms with Gasteiger partial charge >= 0.3 is 5.97 Å². The van der Waals surface area contributed by atoms with Gasteiger partial charge in [0.2, 0.25) is 5.91 Å². The number of carboxylic acid groups (broad SMARTS) is 1. The number of rotatable bonds is 3. The highest BCUT2D eigenvalue weighted by molar-refractivity contribution is 8.00. The van der Waals surface area contributed by atoms with E-state index >= 15 is 0 Å². The predicted molar refractivity (Wildman–Crippen MR) is 121 cm³/mol. The van der Waals surface area contributed by atoms with Gasteiger partial charge in [-0.2, -0.15) is 0 Å². The van der Waals surface area contributed by atoms with Gasteiger partial charge in [0.25, 0.3) is 0 Å². The van der Waals surface area contributed by atoms with E-state index in [4.69, 9.17) is 4.74 Å². The lowest BCUT2D eigenvalue weighted by atomic mass is 9.93. The monoisotopic (exact) mass is 429 g/mol. The van der Waals surface area contributed by atoms with E-state index in [0.717, 1.165) is 32.8 Å². The quantitative estimate of drug-likeness (QED) is 0.645. The van der Waals surface area contributed by atoms with Crippen molar-refractivity contribution >= 4 is 34.9 Å². The molecule has 2 aliphatic heterocycles. The molecule has 0 aromatic heterocycles. The van der Waals surface area contributed by atoms with E-state index in [1.807, 2.05) is 54.6 Å². The van der Waals surface area contributed by atoms with Gasteiger partial charge in [0, 0.05) is 17.0 Å². The van der Waals surface area contributed by atoms with Gasteiger partial charge < -0.3 is 14.7 Å². The van der Waals surface area contributed by atoms with E-state index in [2.05, 4.69) is 0 Å². The summed E-state index contributed by atoms with van der Waals surface area (Å²) in [5, 5.41) is 9.50. The third kappa shape index (κ3) is 3.59. The Morgan fingerprint density at radius 3 is 2.74 bits per heavy atom. The number of thioether (sulfide) groups is 1. The largest absolute Gasteiger partial charge is 0.488 e. The third-order valence-corrected chi connectivity index (χ3v) is 6.54. The molecule has 0 fully saturated rings. The number of aromatic carboxylic acids is 1. The fourth-order valence-electron chi connectivity index (χ4n) is 3.97. The fourth-order valence-corrected chi connectivity index (χ4v) is 4.90. The first-order valence-electron chi connectivity index (χ1n) is 9.93. The molecule has 31 heavy (non-hydrogen) atoms. The van der Waals surface area contributed by atoms with Crippen LogP contribution in [0.2, 0.25) is 0 Å². The Kier molecular flexibility index (Phi) is 5.00. The normalized spacial score (nSPS) is 16.1. The Morgan fingerprint density at radius 1 is 1.06 bits per heavy atom. The first-order valence-corrected chi connectivity index (χ1v) is 10.9. The van der Waals surface area contributed by atoms with Crippen molar-refractivity contribution in [1.29, 1.82) is 0 Å². The highest BCUT2D eigenvalue weighted by Crippen LogP contribution is 2.39. The Hall–Kier alpha value is -3.51. The van der Waals surface area contributed by atoms with Crippen molar-refractivity contribution in [3.05, 3.63) is 95.1 Å². The molecule has 0 atom stereocenters. The Labute approximate surface area is 184 Å². The molecule has 2 aliphatic rings. The van der Waals surface area contributed by atoms with Crippen LogP contribution < -0.4 is 9.64 Å². The molecule has 2 heterocycles. The van der Waals surface area contributed by atoms with Gasteiger partial charge in [-0.25, -0.2) is 4.79 Å². The van der Waals surface area contributed by atoms with E-state index < -0.39 is 5.97 Å². The second kappa shape index (κ2) is 7.96. The standard InChI is InChI=1S/C25H19NO4S/c27-24-15-31-23-8-4-3-7-21(23)26(24)12-11-19-18-6-2-1-5-17(18)14-30-22-10-9-16(25(28)29)13-20(19)22/h1-11,13H,12,14-15H2,(H,28,29)/b19-11+. The number of hydrogen-bond acceptors (Lipinski definition) is 4. The molecule has 154 valence electrons. The highest BCUT2D eigenvalue weighted by atomic mass is 32.2. The molecule has 0 unspecified atom stereocenters. The molecule has 0 saturated heterocycles. The molecular formula is C25H19NO4S. The summed E-state index contributed by atoms with van der Waals surface area (Å²) in [7, 11) is 0. The number of para-hydroxylation sites is 1. The van der Waals surface area contributed by atoms with Crippen molar-refractivity contribution < 1.29 is 19.4 Å². The summed E-state index contributed by atoms with van der Waals surface area (Å²) in [5.74, 6) is 0.100. The van der Waals surface area contributed by atoms with Gasteiger partial charge in [0.05, 0.1) is 17.0 Å². The molecular weight excluding hydrogens is 410 g/mol. The Balaban J connectivity index is 1.63. The number of nitrogens with zero attached hydrogens (tertiary/aromatic N) is 1. The molecule has 5 rings (SSSR count). The summed E-state index contributed by atoms with van der Waals surface area (Å²) in [6.07, 6.45) is 2.00. The molecule has 1 N–H and O–H groups in total. The zero-order chi connectivity index (χ0) is 21.4. The van der Waals surface area contributed by atoms with Gasteiger partial charge in [-0.05, 0) is 47.0 Å². The van der Waals surface area contributed by atoms with Crippen molar-refractivity contribution in [3.63, 3.8) is 0 Å². The van der Waals surface area contributed by atoms with E-state index in [0.29, 0.717) is 24.7 Å². The first kappa shape index (κ1) is 19.5. The van der Waals surface area contributed by atoms with Gasteiger partial charge in [-0.15, -0.1) is 11.8 Å². The minimum Gasteiger partial charge on any atom is -0.488 e. The number of hydrogen-bond donors (Lipinski definition) is 1. The second-order valence-corrected chi connectivity index (χ2v) is 8.36. The minimum absolute atomic E-state index is 0.0539. The Morgan fingerprint density at radius 2 is 1.87 bits per heavy atom. The summed E-state index contributed by atoms with van der Waals surface area (Å²) in [5.41, 5.74) is 4.69. The zero-order valence-electron chi connectivity index (χ0n) is 16.6. The zero-order valence-corrected chi connectivity index (χ0v) is 17.4. The number of benzene rings is 3. The summed E-state index contributed by atoms with van der Waals surface area (Å²) in [6.45, 7) is 0.784. The van der Waals surface area contributed by atoms with Crippen LogP contribution in [-0.2, 0) is 11.4 Å². The van der Waals surface area contributed by atoms with Crippen molar-refractivity contribution in [2.45, 2.75) is 11.5 Å². The molecule has 0 radical (unpaired) electrons. The fraction of sp³-hybridized carbons (Fsp3) is 0.120. The van der Waals surface area contributed by atoms with Gasteiger partial charge in [0.1, 0.15) is 12.4 Å². The maximum Gasteiger partial charge on any atom is 0.335 e. The van der Waals surface area contributed by atoms with Crippen molar-refractivity contribution in [1.82, 2.24) is 0 Å². The first-order chi connectivity index (χ1) is 15.1. The summed E-state index contributed by atoms with van der Waals surface area (Å²) >= 11 is 1.55. The topological polar surface area (TPSA) is 66.8 Å². The lowest BCUT2D eigenvalue weighted by molar-refractivity contribution is -0.116. The summed E-state index contributed by atoms with van der Waals surface area (Å²) < 4.78 is 5.99. The summed E-state index contributed by atoms with van der Waals surface area (Å²) in [6, 6.07) is 20.7. The van der Waals surface area contributed by atoms with Crippen LogP contribution in [0.1, 0.15) is 27.0 Å². The van der Waals surface area contributed by atoms with Crippen LogP contribution in [0.3, 0.4) is 0 Å². The molecule has 0 spiro atoms. The van der Waals surface area contributed by atoms with E-state index in [1.165, 1.54) is 0 Å². The lowest BCUT2D eigenvalue weighted by Gasteiger charge is -2.28. The Bertz CT molecular complexity index is 1230. The van der Waals surface area contributed by atoms with Crippen molar-refractivity contribution in [2.24, 2.45) is 0 Å². The average Bonchev–Trinajstić information content (AvgIpc) is 2.95. The molecule has 6 heteroatoms. The molecule has 1 amide bonds. The number of amides is 1. The van der Waals surface area contributed by atoms with Crippen LogP contribution in [-0.4, -0.2) is 29.3 Å². The average molecular weight is 429 g/mol. The SMILES string of the molecule is O=C(O)c1ccc2c(c1)/C(=C/CN1C(=O)CSc3ccccc31)c1ccccc1CO2. The minimum atomic E-state index is -0.989. The van der Waals surface area contributed by atoms with Crippen LogP contribution in [0.5, 0.6) is 5.75 Å². The second-order valence-electron chi connectivity index (χ2n) is 7.34. The molecule has 3 aromatic rings. The van der Waals surface area contributed by atoms with E-state index in [1.54, 1.807) is 34.9 Å². The maximum absolute atomic E-state index is 12.7. The van der Waals surface area contributed by atoms with Crippen molar-refractivity contribution in [2.75, 3.05) is 17.2 Å². The van der Waals surface area contributed by atoms with Gasteiger partial charge in [-0.3, -0.25) is 4.79 Å². The van der Waals surface area contributed by atoms with Gasteiger partial charge in [0.15, 0.2) is 0 Å². The van der Waals surface area contributed by atoms with E-state index in [-0.39, 0.29) is 11.5 Å². The van der Waals surface area contributed by atoms with Crippen LogP contribution >= 0.6 is 11.8 Å². The van der Waals surface area contributed by atoms with Crippen LogP contribution in [0, 0.1) is 0 Å². The molecule has 0 bridgehead atoms. The van der Waals surface area contributed by atoms with Crippen LogP contribution in [0.15, 0.2) is 77.7 Å². The predicted octanol–water partition coefficient (Wildman–Crippen LogP) is 4.85. The number of carboxylic acids is 1. The number of carbonyl (C=O) groups excluding carboxylic acids is 1. The molecule has 5 nitrogen and oxygen atoms in total. The number of fused-ring (bicyclic) bond motifs is 3. The summed E-state index contributed by atoms with van der Waals surface area (Å²) in [4.78, 5) is 27.2. The van der Waals surface area contributed by atoms with Crippen LogP contribution in [0.4, 0.5) is 5.69 Å². The van der Waals surface area contributed by atoms with Crippen molar-refractivity contribution in [3.8, 4) is 5.75 Å². The highest BCUT2D eigenvalue weighted by Gasteiger charge is 2.25.